The normalized spacial score (nSPS) is 16.3. The van der Waals surface area contributed by atoms with E-state index in [1.165, 1.54) is 10.5 Å². The molecule has 0 saturated carbocycles. The lowest BCUT2D eigenvalue weighted by Crippen LogP contribution is -2.37. The van der Waals surface area contributed by atoms with E-state index in [2.05, 4.69) is 17.1 Å². The minimum Gasteiger partial charge on any atom is -0.356 e. The third kappa shape index (κ3) is 5.01. The Hall–Kier alpha value is -3.92. The van der Waals surface area contributed by atoms with Crippen molar-refractivity contribution in [3.8, 4) is 6.07 Å². The minimum absolute atomic E-state index is 0.106. The van der Waals surface area contributed by atoms with Crippen LogP contribution < -0.4 is 15.8 Å². The molecule has 7 nitrogen and oxygen atoms in total. The zero-order chi connectivity index (χ0) is 24.1. The lowest BCUT2D eigenvalue weighted by atomic mass is 10.00. The molecule has 1 fully saturated rings. The van der Waals surface area contributed by atoms with Gasteiger partial charge in [0.1, 0.15) is 23.1 Å². The van der Waals surface area contributed by atoms with Gasteiger partial charge < -0.3 is 10.2 Å². The van der Waals surface area contributed by atoms with Crippen molar-refractivity contribution >= 4 is 23.4 Å². The van der Waals surface area contributed by atoms with Crippen LogP contribution in [0, 0.1) is 24.2 Å². The van der Waals surface area contributed by atoms with Gasteiger partial charge in [-0.25, -0.2) is 4.98 Å². The summed E-state index contributed by atoms with van der Waals surface area (Å²) in [4.78, 5) is 33.3. The number of anilines is 1. The third-order valence-electron chi connectivity index (χ3n) is 6.22. The lowest BCUT2D eigenvalue weighted by Gasteiger charge is -2.32. The van der Waals surface area contributed by atoms with Crippen LogP contribution in [0.1, 0.15) is 36.5 Å². The Morgan fingerprint density at radius 3 is 2.79 bits per heavy atom. The fourth-order valence-corrected chi connectivity index (χ4v) is 4.40. The molecule has 3 heterocycles. The molecule has 1 aromatic carbocycles. The number of carbonyl (C=O) groups is 1. The zero-order valence-electron chi connectivity index (χ0n) is 19.6. The Kier molecular flexibility index (Phi) is 7.07. The second kappa shape index (κ2) is 10.3. The summed E-state index contributed by atoms with van der Waals surface area (Å²) >= 11 is 0. The van der Waals surface area contributed by atoms with Crippen LogP contribution in [-0.4, -0.2) is 34.9 Å². The number of fused-ring (bicyclic) bond motifs is 1. The third-order valence-corrected chi connectivity index (χ3v) is 6.22. The first-order valence-electron chi connectivity index (χ1n) is 11.7. The molecule has 174 valence electrons. The smallest absolute Gasteiger partial charge is 0.267 e. The number of piperidine rings is 1. The molecule has 1 amide bonds. The molecule has 1 N–H and O–H groups in total. The van der Waals surface area contributed by atoms with Crippen LogP contribution in [0.25, 0.3) is 11.7 Å². The van der Waals surface area contributed by atoms with E-state index < -0.39 is 5.91 Å². The number of rotatable bonds is 6. The van der Waals surface area contributed by atoms with E-state index in [4.69, 9.17) is 4.98 Å². The average molecular weight is 456 g/mol. The first-order chi connectivity index (χ1) is 16.5. The number of nitrogens with one attached hydrogen (secondary N) is 1. The molecule has 1 saturated heterocycles. The molecule has 1 atom stereocenters. The van der Waals surface area contributed by atoms with Crippen LogP contribution >= 0.6 is 0 Å². The van der Waals surface area contributed by atoms with Crippen molar-refractivity contribution in [2.75, 3.05) is 24.5 Å². The van der Waals surface area contributed by atoms with E-state index in [-0.39, 0.29) is 16.7 Å². The van der Waals surface area contributed by atoms with E-state index in [0.717, 1.165) is 37.1 Å². The van der Waals surface area contributed by atoms with Crippen molar-refractivity contribution in [1.82, 2.24) is 14.7 Å². The molecular formula is C27H29N5O2. The van der Waals surface area contributed by atoms with E-state index >= 15 is 0 Å². The van der Waals surface area contributed by atoms with E-state index in [0.29, 0.717) is 30.3 Å². The molecule has 34 heavy (non-hydrogen) atoms. The van der Waals surface area contributed by atoms with Crippen LogP contribution in [0.15, 0.2) is 59.0 Å². The largest absolute Gasteiger partial charge is 0.356 e. The summed E-state index contributed by atoms with van der Waals surface area (Å²) < 4.78 is 1.49. The van der Waals surface area contributed by atoms with Crippen LogP contribution in [0.4, 0.5) is 5.82 Å². The monoisotopic (exact) mass is 455 g/mol. The van der Waals surface area contributed by atoms with Crippen LogP contribution in [-0.2, 0) is 11.2 Å². The highest BCUT2D eigenvalue weighted by atomic mass is 16.1. The maximum Gasteiger partial charge on any atom is 0.267 e. The first kappa shape index (κ1) is 23.2. The van der Waals surface area contributed by atoms with E-state index in [1.54, 1.807) is 12.3 Å². The van der Waals surface area contributed by atoms with Crippen molar-refractivity contribution in [3.63, 3.8) is 0 Å². The predicted octanol–water partition coefficient (Wildman–Crippen LogP) is 3.51. The minimum atomic E-state index is -0.495. The van der Waals surface area contributed by atoms with Crippen LogP contribution in [0.5, 0.6) is 0 Å². The molecule has 0 spiro atoms. The Morgan fingerprint density at radius 1 is 1.26 bits per heavy atom. The quantitative estimate of drug-likeness (QED) is 0.454. The summed E-state index contributed by atoms with van der Waals surface area (Å²) in [5, 5.41) is 12.5. The van der Waals surface area contributed by atoms with Crippen molar-refractivity contribution in [2.45, 2.75) is 33.1 Å². The van der Waals surface area contributed by atoms with Gasteiger partial charge in [0.2, 0.25) is 0 Å². The molecule has 4 rings (SSSR count). The summed E-state index contributed by atoms with van der Waals surface area (Å²) in [5.74, 6) is 0.514. The van der Waals surface area contributed by atoms with Gasteiger partial charge in [0, 0.05) is 25.8 Å². The Morgan fingerprint density at radius 2 is 2.06 bits per heavy atom. The maximum atomic E-state index is 13.5. The highest BCUT2D eigenvalue weighted by Crippen LogP contribution is 2.25. The molecule has 0 bridgehead atoms. The standard InChI is InChI=1S/C27H29N5O2/c1-19-8-6-14-31(18-19)25-23(27(34)32-15-7-9-20(2)24(32)30-25)16-22(17-28)26(33)29-13-12-21-10-4-3-5-11-21/h3-5,7,9-11,15-16,19H,6,8,12-14,18H2,1-2H3,(H,29,33)/b22-16+/t19-/m0/s1. The fourth-order valence-electron chi connectivity index (χ4n) is 4.40. The van der Waals surface area contributed by atoms with Gasteiger partial charge >= 0.3 is 0 Å². The van der Waals surface area contributed by atoms with Gasteiger partial charge in [-0.1, -0.05) is 43.3 Å². The number of hydrogen-bond donors (Lipinski definition) is 1. The number of carbonyl (C=O) groups excluding carboxylic acids is 1. The number of nitrogens with zero attached hydrogens (tertiary/aromatic N) is 4. The van der Waals surface area contributed by atoms with Crippen molar-refractivity contribution in [1.29, 1.82) is 5.26 Å². The molecule has 2 aromatic heterocycles. The highest BCUT2D eigenvalue weighted by Gasteiger charge is 2.24. The van der Waals surface area contributed by atoms with E-state index in [1.807, 2.05) is 49.4 Å². The highest BCUT2D eigenvalue weighted by molar-refractivity contribution is 6.02. The molecular weight excluding hydrogens is 426 g/mol. The number of pyridine rings is 1. The van der Waals surface area contributed by atoms with Gasteiger partial charge in [0.05, 0.1) is 5.56 Å². The van der Waals surface area contributed by atoms with Crippen molar-refractivity contribution in [2.24, 2.45) is 5.92 Å². The second-order valence-electron chi connectivity index (χ2n) is 8.89. The summed E-state index contributed by atoms with van der Waals surface area (Å²) in [6, 6.07) is 15.5. The van der Waals surface area contributed by atoms with Gasteiger partial charge in [0.15, 0.2) is 0 Å². The number of aromatic nitrogens is 2. The summed E-state index contributed by atoms with van der Waals surface area (Å²) in [6.07, 6.45) is 5.85. The van der Waals surface area contributed by atoms with Gasteiger partial charge in [-0.05, 0) is 55.4 Å². The Labute approximate surface area is 199 Å². The number of benzene rings is 1. The topological polar surface area (TPSA) is 90.5 Å². The molecule has 0 aliphatic carbocycles. The number of nitriles is 1. The summed E-state index contributed by atoms with van der Waals surface area (Å²) in [6.45, 7) is 6.06. The lowest BCUT2D eigenvalue weighted by molar-refractivity contribution is -0.117. The van der Waals surface area contributed by atoms with Crippen molar-refractivity contribution in [3.05, 3.63) is 81.3 Å². The Bertz CT molecular complexity index is 1320. The van der Waals surface area contributed by atoms with Gasteiger partial charge in [-0.3, -0.25) is 14.0 Å². The molecule has 1 aliphatic heterocycles. The van der Waals surface area contributed by atoms with Gasteiger partial charge in [-0.15, -0.1) is 0 Å². The van der Waals surface area contributed by atoms with Crippen molar-refractivity contribution < 1.29 is 4.79 Å². The van der Waals surface area contributed by atoms with Gasteiger partial charge in [-0.2, -0.15) is 5.26 Å². The molecule has 0 unspecified atom stereocenters. The SMILES string of the molecule is Cc1cccn2c(=O)c(/C=C(\C#N)C(=O)NCCc3ccccc3)c(N3CCC[C@H](C)C3)nc12. The van der Waals surface area contributed by atoms with Crippen LogP contribution in [0.2, 0.25) is 0 Å². The molecule has 1 aliphatic rings. The molecule has 3 aromatic rings. The molecule has 0 radical (unpaired) electrons. The first-order valence-corrected chi connectivity index (χ1v) is 11.7. The Balaban J connectivity index is 1.70. The van der Waals surface area contributed by atoms with E-state index in [9.17, 15) is 14.9 Å². The predicted molar refractivity (Wildman–Crippen MR) is 134 cm³/mol. The molecule has 7 heteroatoms. The zero-order valence-corrected chi connectivity index (χ0v) is 19.6. The maximum absolute atomic E-state index is 13.5. The second-order valence-corrected chi connectivity index (χ2v) is 8.89. The number of aryl methyl sites for hydroxylation is 1. The number of amides is 1. The summed E-state index contributed by atoms with van der Waals surface area (Å²) in [5.41, 5.74) is 2.45. The fraction of sp³-hybridized carbons (Fsp3) is 0.333. The summed E-state index contributed by atoms with van der Waals surface area (Å²) in [7, 11) is 0. The van der Waals surface area contributed by atoms with Gasteiger partial charge in [0.25, 0.3) is 11.5 Å². The van der Waals surface area contributed by atoms with Crippen LogP contribution in [0.3, 0.4) is 0 Å². The number of hydrogen-bond acceptors (Lipinski definition) is 5. The average Bonchev–Trinajstić information content (AvgIpc) is 2.84.